The van der Waals surface area contributed by atoms with Crippen molar-refractivity contribution in [2.24, 2.45) is 0 Å². The van der Waals surface area contributed by atoms with E-state index >= 15 is 0 Å². The third-order valence-corrected chi connectivity index (χ3v) is 1.48. The van der Waals surface area contributed by atoms with Crippen molar-refractivity contribution in [3.8, 4) is 6.07 Å². The van der Waals surface area contributed by atoms with Crippen LogP contribution in [0.5, 0.6) is 0 Å². The van der Waals surface area contributed by atoms with Crippen molar-refractivity contribution in [3.05, 3.63) is 29.1 Å². The van der Waals surface area contributed by atoms with Crippen molar-refractivity contribution >= 4 is 16.8 Å². The number of hydrogen-bond donors (Lipinski definition) is 0. The zero-order chi connectivity index (χ0) is 9.14. The predicted octanol–water partition coefficient (Wildman–Crippen LogP) is 1.64. The van der Waals surface area contributed by atoms with Crippen LogP contribution in [0.25, 0.3) is 0 Å². The van der Waals surface area contributed by atoms with E-state index in [2.05, 4.69) is 4.98 Å². The molecule has 0 saturated carbocycles. The Bertz CT molecular complexity index is 368. The summed E-state index contributed by atoms with van der Waals surface area (Å²) >= 11 is 5.19. The van der Waals surface area contributed by atoms with E-state index in [4.69, 9.17) is 16.9 Å². The fourth-order valence-corrected chi connectivity index (χ4v) is 0.922. The number of hydrogen-bond acceptors (Lipinski definition) is 3. The highest BCUT2D eigenvalue weighted by Gasteiger charge is 2.05. The van der Waals surface area contributed by atoms with Gasteiger partial charge in [0.05, 0.1) is 0 Å². The molecule has 1 rings (SSSR count). The summed E-state index contributed by atoms with van der Waals surface area (Å²) in [4.78, 5) is 14.4. The van der Waals surface area contributed by atoms with E-state index in [1.807, 2.05) is 6.07 Å². The highest BCUT2D eigenvalue weighted by Crippen LogP contribution is 2.06. The Morgan fingerprint density at radius 3 is 2.83 bits per heavy atom. The van der Waals surface area contributed by atoms with Gasteiger partial charge in [-0.05, 0) is 36.2 Å². The van der Waals surface area contributed by atoms with Gasteiger partial charge in [-0.2, -0.15) is 5.26 Å². The number of carbonyl (C=O) groups is 1. The number of pyridine rings is 1. The van der Waals surface area contributed by atoms with Crippen molar-refractivity contribution in [3.63, 3.8) is 0 Å². The molecule has 0 aliphatic rings. The molecule has 0 aliphatic carbocycles. The lowest BCUT2D eigenvalue weighted by atomic mass is 10.2. The standard InChI is InChI=1S/C8H5ClN2O/c1-5-2-6(4-10)11-7(3-5)8(9)12/h2-3H,1H3. The van der Waals surface area contributed by atoms with Crippen molar-refractivity contribution < 1.29 is 4.79 Å². The molecule has 0 bridgehead atoms. The van der Waals surface area contributed by atoms with Gasteiger partial charge >= 0.3 is 0 Å². The summed E-state index contributed by atoms with van der Waals surface area (Å²) in [7, 11) is 0. The van der Waals surface area contributed by atoms with E-state index < -0.39 is 5.24 Å². The van der Waals surface area contributed by atoms with Gasteiger partial charge in [0.2, 0.25) is 0 Å². The van der Waals surface area contributed by atoms with Crippen LogP contribution >= 0.6 is 11.6 Å². The number of carbonyl (C=O) groups excluding carboxylic acids is 1. The van der Waals surface area contributed by atoms with E-state index in [-0.39, 0.29) is 11.4 Å². The van der Waals surface area contributed by atoms with Crippen LogP contribution in [-0.2, 0) is 0 Å². The molecule has 3 nitrogen and oxygen atoms in total. The zero-order valence-electron chi connectivity index (χ0n) is 6.34. The highest BCUT2D eigenvalue weighted by atomic mass is 35.5. The third kappa shape index (κ3) is 1.80. The number of aryl methyl sites for hydroxylation is 1. The Labute approximate surface area is 74.6 Å². The van der Waals surface area contributed by atoms with Gasteiger partial charge in [0.1, 0.15) is 17.5 Å². The molecular formula is C8H5ClN2O. The number of rotatable bonds is 1. The summed E-state index contributed by atoms with van der Waals surface area (Å²) in [6.07, 6.45) is 0. The Morgan fingerprint density at radius 1 is 1.67 bits per heavy atom. The smallest absolute Gasteiger partial charge is 0.270 e. The molecule has 60 valence electrons. The van der Waals surface area contributed by atoms with Crippen LogP contribution in [0.4, 0.5) is 0 Å². The van der Waals surface area contributed by atoms with Gasteiger partial charge in [-0.3, -0.25) is 4.79 Å². The van der Waals surface area contributed by atoms with E-state index in [0.717, 1.165) is 5.56 Å². The number of nitrogens with zero attached hydrogens (tertiary/aromatic N) is 2. The topological polar surface area (TPSA) is 53.8 Å². The average molecular weight is 181 g/mol. The maximum Gasteiger partial charge on any atom is 0.270 e. The van der Waals surface area contributed by atoms with Gasteiger partial charge in [-0.15, -0.1) is 0 Å². The highest BCUT2D eigenvalue weighted by molar-refractivity contribution is 6.67. The van der Waals surface area contributed by atoms with Crippen molar-refractivity contribution in [2.75, 3.05) is 0 Å². The van der Waals surface area contributed by atoms with Gasteiger partial charge in [0.15, 0.2) is 0 Å². The largest absolute Gasteiger partial charge is 0.274 e. The second-order valence-electron chi connectivity index (χ2n) is 2.30. The second-order valence-corrected chi connectivity index (χ2v) is 2.64. The van der Waals surface area contributed by atoms with E-state index in [9.17, 15) is 4.79 Å². The summed E-state index contributed by atoms with van der Waals surface area (Å²) in [5.74, 6) is 0. The molecule has 0 radical (unpaired) electrons. The number of halogens is 1. The van der Waals surface area contributed by atoms with E-state index in [1.165, 1.54) is 6.07 Å². The van der Waals surface area contributed by atoms with Gasteiger partial charge < -0.3 is 0 Å². The fraction of sp³-hybridized carbons (Fsp3) is 0.125. The van der Waals surface area contributed by atoms with E-state index in [1.54, 1.807) is 13.0 Å². The number of aromatic nitrogens is 1. The molecular weight excluding hydrogens is 176 g/mol. The molecule has 4 heteroatoms. The zero-order valence-corrected chi connectivity index (χ0v) is 7.09. The lowest BCUT2D eigenvalue weighted by Gasteiger charge is -1.95. The molecule has 12 heavy (non-hydrogen) atoms. The van der Waals surface area contributed by atoms with Crippen LogP contribution in [-0.4, -0.2) is 10.2 Å². The van der Waals surface area contributed by atoms with Crippen molar-refractivity contribution in [1.82, 2.24) is 4.98 Å². The number of nitriles is 1. The van der Waals surface area contributed by atoms with Crippen LogP contribution in [0, 0.1) is 18.3 Å². The summed E-state index contributed by atoms with van der Waals surface area (Å²) in [5.41, 5.74) is 1.12. The minimum atomic E-state index is -0.643. The summed E-state index contributed by atoms with van der Waals surface area (Å²) in [6, 6.07) is 4.97. The molecule has 0 fully saturated rings. The molecule has 0 spiro atoms. The lowest BCUT2D eigenvalue weighted by molar-refractivity contribution is 0.107. The van der Waals surface area contributed by atoms with E-state index in [0.29, 0.717) is 0 Å². The van der Waals surface area contributed by atoms with Crippen molar-refractivity contribution in [1.29, 1.82) is 5.26 Å². The third-order valence-electron chi connectivity index (χ3n) is 1.29. The van der Waals surface area contributed by atoms with Crippen LogP contribution < -0.4 is 0 Å². The molecule has 0 aromatic carbocycles. The molecule has 0 saturated heterocycles. The second kappa shape index (κ2) is 3.33. The molecule has 1 aromatic rings. The Kier molecular flexibility index (Phi) is 2.41. The average Bonchev–Trinajstić information content (AvgIpc) is 2.03. The maximum absolute atomic E-state index is 10.7. The van der Waals surface area contributed by atoms with Gasteiger partial charge in [0, 0.05) is 0 Å². The molecule has 0 N–H and O–H groups in total. The van der Waals surface area contributed by atoms with Gasteiger partial charge in [0.25, 0.3) is 5.24 Å². The monoisotopic (exact) mass is 180 g/mol. The van der Waals surface area contributed by atoms with Crippen LogP contribution in [0.2, 0.25) is 0 Å². The van der Waals surface area contributed by atoms with Gasteiger partial charge in [-0.1, -0.05) is 0 Å². The van der Waals surface area contributed by atoms with Crippen LogP contribution in [0.1, 0.15) is 21.7 Å². The molecule has 0 aliphatic heterocycles. The first-order valence-electron chi connectivity index (χ1n) is 3.22. The minimum absolute atomic E-state index is 0.119. The SMILES string of the molecule is Cc1cc(C#N)nc(C(=O)Cl)c1. The lowest BCUT2D eigenvalue weighted by Crippen LogP contribution is -1.97. The summed E-state index contributed by atoms with van der Waals surface area (Å²) in [5, 5.41) is 7.86. The van der Waals surface area contributed by atoms with Crippen LogP contribution in [0.15, 0.2) is 12.1 Å². The fourth-order valence-electron chi connectivity index (χ4n) is 0.825. The Balaban J connectivity index is 3.26. The quantitative estimate of drug-likeness (QED) is 0.618. The first kappa shape index (κ1) is 8.69. The maximum atomic E-state index is 10.7. The summed E-state index contributed by atoms with van der Waals surface area (Å²) in [6.45, 7) is 1.77. The molecule has 0 unspecified atom stereocenters. The molecule has 1 heterocycles. The normalized spacial score (nSPS) is 9.08. The Hall–Kier alpha value is -1.40. The Morgan fingerprint density at radius 2 is 2.33 bits per heavy atom. The first-order chi connectivity index (χ1) is 5.63. The van der Waals surface area contributed by atoms with Crippen LogP contribution in [0.3, 0.4) is 0 Å². The van der Waals surface area contributed by atoms with Crippen molar-refractivity contribution in [2.45, 2.75) is 6.92 Å². The molecule has 0 atom stereocenters. The molecule has 0 amide bonds. The minimum Gasteiger partial charge on any atom is -0.274 e. The molecule has 1 aromatic heterocycles. The summed E-state index contributed by atoms with van der Waals surface area (Å²) < 4.78 is 0. The predicted molar refractivity (Wildman–Crippen MR) is 43.9 cm³/mol. The first-order valence-corrected chi connectivity index (χ1v) is 3.60. The van der Waals surface area contributed by atoms with Gasteiger partial charge in [-0.25, -0.2) is 4.98 Å².